The van der Waals surface area contributed by atoms with Crippen molar-refractivity contribution in [1.29, 1.82) is 0 Å². The summed E-state index contributed by atoms with van der Waals surface area (Å²) in [6, 6.07) is 10.6. The van der Waals surface area contributed by atoms with Gasteiger partial charge in [-0.15, -0.1) is 11.3 Å². The number of hydrogen-bond donors (Lipinski definition) is 0. The van der Waals surface area contributed by atoms with Crippen molar-refractivity contribution >= 4 is 11.3 Å². The summed E-state index contributed by atoms with van der Waals surface area (Å²) in [4.78, 5) is 2.59. The van der Waals surface area contributed by atoms with Crippen LogP contribution in [-0.2, 0) is 0 Å². The third-order valence-electron chi connectivity index (χ3n) is 2.36. The van der Waals surface area contributed by atoms with Crippen molar-refractivity contribution in [1.82, 2.24) is 0 Å². The zero-order valence-corrected chi connectivity index (χ0v) is 10.0. The summed E-state index contributed by atoms with van der Waals surface area (Å²) in [7, 11) is 1.72. The van der Waals surface area contributed by atoms with Gasteiger partial charge in [-0.2, -0.15) is 0 Å². The second-order valence-electron chi connectivity index (χ2n) is 3.61. The van der Waals surface area contributed by atoms with Crippen molar-refractivity contribution in [3.8, 4) is 16.2 Å². The molecule has 0 amide bonds. The maximum Gasteiger partial charge on any atom is 0.127 e. The Morgan fingerprint density at radius 1 is 1.07 bits per heavy atom. The maximum atomic E-state index is 5.40. The number of thiophene rings is 1. The second-order valence-corrected chi connectivity index (χ2v) is 4.90. The fourth-order valence-electron chi connectivity index (χ4n) is 1.58. The van der Waals surface area contributed by atoms with Gasteiger partial charge in [0.25, 0.3) is 0 Å². The Balaban J connectivity index is 2.52. The number of rotatable bonds is 2. The first kappa shape index (κ1) is 10.2. The molecule has 1 aromatic heterocycles. The molecule has 0 fully saturated rings. The van der Waals surface area contributed by atoms with Crippen LogP contribution in [0, 0.1) is 13.8 Å². The van der Waals surface area contributed by atoms with Gasteiger partial charge >= 0.3 is 0 Å². The Morgan fingerprint density at radius 2 is 1.87 bits per heavy atom. The van der Waals surface area contributed by atoms with E-state index in [9.17, 15) is 0 Å². The first-order chi connectivity index (χ1) is 7.20. The average molecular weight is 218 g/mol. The van der Waals surface area contributed by atoms with Gasteiger partial charge in [0, 0.05) is 15.3 Å². The van der Waals surface area contributed by atoms with Crippen LogP contribution < -0.4 is 4.74 Å². The molecule has 0 radical (unpaired) electrons. The minimum atomic E-state index is 0.955. The molecule has 2 heteroatoms. The van der Waals surface area contributed by atoms with Crippen molar-refractivity contribution in [2.24, 2.45) is 0 Å². The van der Waals surface area contributed by atoms with Gasteiger partial charge in [0.1, 0.15) is 5.75 Å². The molecule has 0 aliphatic rings. The molecule has 0 saturated carbocycles. The van der Waals surface area contributed by atoms with E-state index in [-0.39, 0.29) is 0 Å². The molecule has 0 aliphatic carbocycles. The Bertz CT molecular complexity index is 471. The van der Waals surface area contributed by atoms with E-state index in [0.29, 0.717) is 0 Å². The molecule has 1 nitrogen and oxygen atoms in total. The molecule has 0 unspecified atom stereocenters. The van der Waals surface area contributed by atoms with E-state index in [1.807, 2.05) is 0 Å². The van der Waals surface area contributed by atoms with Crippen molar-refractivity contribution in [3.63, 3.8) is 0 Å². The van der Waals surface area contributed by atoms with Crippen molar-refractivity contribution in [2.75, 3.05) is 7.11 Å². The summed E-state index contributed by atoms with van der Waals surface area (Å²) in [6.45, 7) is 4.20. The summed E-state index contributed by atoms with van der Waals surface area (Å²) in [5, 5.41) is 0. The standard InChI is InChI=1S/C13H14OS/c1-9-4-6-11(12(8-9)14-3)13-7-5-10(2)15-13/h4-8H,1-3H3. The first-order valence-corrected chi connectivity index (χ1v) is 5.74. The van der Waals surface area contributed by atoms with E-state index < -0.39 is 0 Å². The Labute approximate surface area is 94.3 Å². The van der Waals surface area contributed by atoms with Crippen LogP contribution in [0.5, 0.6) is 5.75 Å². The summed E-state index contributed by atoms with van der Waals surface area (Å²) < 4.78 is 5.40. The number of aryl methyl sites for hydroxylation is 2. The Hall–Kier alpha value is -1.28. The van der Waals surface area contributed by atoms with Gasteiger partial charge in [0.15, 0.2) is 0 Å². The molecule has 2 aromatic rings. The highest BCUT2D eigenvalue weighted by molar-refractivity contribution is 7.15. The van der Waals surface area contributed by atoms with E-state index in [2.05, 4.69) is 44.2 Å². The molecular formula is C13H14OS. The molecule has 0 aliphatic heterocycles. The van der Waals surface area contributed by atoms with Crippen LogP contribution in [0.1, 0.15) is 10.4 Å². The normalized spacial score (nSPS) is 10.3. The van der Waals surface area contributed by atoms with Crippen LogP contribution >= 0.6 is 11.3 Å². The highest BCUT2D eigenvalue weighted by Crippen LogP contribution is 2.35. The number of benzene rings is 1. The van der Waals surface area contributed by atoms with Gasteiger partial charge in [-0.25, -0.2) is 0 Å². The zero-order chi connectivity index (χ0) is 10.8. The van der Waals surface area contributed by atoms with Crippen molar-refractivity contribution in [3.05, 3.63) is 40.8 Å². The minimum absolute atomic E-state index is 0.955. The average Bonchev–Trinajstić information content (AvgIpc) is 2.64. The van der Waals surface area contributed by atoms with Crippen LogP contribution in [0.15, 0.2) is 30.3 Å². The predicted octanol–water partition coefficient (Wildman–Crippen LogP) is 4.04. The van der Waals surface area contributed by atoms with Gasteiger partial charge in [0.05, 0.1) is 7.11 Å². The molecule has 1 aromatic carbocycles. The molecule has 1 heterocycles. The molecule has 78 valence electrons. The third kappa shape index (κ3) is 2.05. The van der Waals surface area contributed by atoms with Gasteiger partial charge in [-0.1, -0.05) is 6.07 Å². The van der Waals surface area contributed by atoms with Gasteiger partial charge in [0.2, 0.25) is 0 Å². The molecular weight excluding hydrogens is 204 g/mol. The Morgan fingerprint density at radius 3 is 2.47 bits per heavy atom. The van der Waals surface area contributed by atoms with Gasteiger partial charge in [-0.3, -0.25) is 0 Å². The van der Waals surface area contributed by atoms with Gasteiger partial charge < -0.3 is 4.74 Å². The first-order valence-electron chi connectivity index (χ1n) is 4.92. The van der Waals surface area contributed by atoms with E-state index in [1.165, 1.54) is 20.9 Å². The monoisotopic (exact) mass is 218 g/mol. The lowest BCUT2D eigenvalue weighted by molar-refractivity contribution is 0.416. The fraction of sp³-hybridized carbons (Fsp3) is 0.231. The van der Waals surface area contributed by atoms with Crippen LogP contribution in [0.2, 0.25) is 0 Å². The topological polar surface area (TPSA) is 9.23 Å². The van der Waals surface area contributed by atoms with E-state index in [1.54, 1.807) is 18.4 Å². The van der Waals surface area contributed by atoms with Crippen LogP contribution in [0.4, 0.5) is 0 Å². The zero-order valence-electron chi connectivity index (χ0n) is 9.20. The molecule has 0 N–H and O–H groups in total. The molecule has 0 atom stereocenters. The van der Waals surface area contributed by atoms with Crippen LogP contribution in [0.25, 0.3) is 10.4 Å². The third-order valence-corrected chi connectivity index (χ3v) is 3.40. The molecule has 2 rings (SSSR count). The highest BCUT2D eigenvalue weighted by atomic mass is 32.1. The van der Waals surface area contributed by atoms with Crippen molar-refractivity contribution in [2.45, 2.75) is 13.8 Å². The molecule has 15 heavy (non-hydrogen) atoms. The van der Waals surface area contributed by atoms with E-state index in [4.69, 9.17) is 4.74 Å². The van der Waals surface area contributed by atoms with Crippen molar-refractivity contribution < 1.29 is 4.74 Å². The summed E-state index contributed by atoms with van der Waals surface area (Å²) in [6.07, 6.45) is 0. The van der Waals surface area contributed by atoms with Crippen LogP contribution in [0.3, 0.4) is 0 Å². The molecule has 0 saturated heterocycles. The summed E-state index contributed by atoms with van der Waals surface area (Å²) in [5.74, 6) is 0.955. The fourth-order valence-corrected chi connectivity index (χ4v) is 2.48. The number of ether oxygens (including phenoxy) is 1. The van der Waals surface area contributed by atoms with Gasteiger partial charge in [-0.05, 0) is 43.7 Å². The summed E-state index contributed by atoms with van der Waals surface area (Å²) in [5.41, 5.74) is 2.41. The predicted molar refractivity (Wildman–Crippen MR) is 65.8 cm³/mol. The van der Waals surface area contributed by atoms with Crippen LogP contribution in [-0.4, -0.2) is 7.11 Å². The second kappa shape index (κ2) is 4.07. The lowest BCUT2D eigenvalue weighted by Gasteiger charge is -2.07. The van der Waals surface area contributed by atoms with E-state index in [0.717, 1.165) is 5.75 Å². The minimum Gasteiger partial charge on any atom is -0.496 e. The number of hydrogen-bond acceptors (Lipinski definition) is 2. The maximum absolute atomic E-state index is 5.40. The quantitative estimate of drug-likeness (QED) is 0.739. The SMILES string of the molecule is COc1cc(C)ccc1-c1ccc(C)s1. The lowest BCUT2D eigenvalue weighted by Crippen LogP contribution is -1.87. The summed E-state index contributed by atoms with van der Waals surface area (Å²) >= 11 is 1.80. The lowest BCUT2D eigenvalue weighted by atomic mass is 10.1. The highest BCUT2D eigenvalue weighted by Gasteiger charge is 2.07. The Kier molecular flexibility index (Phi) is 2.78. The molecule has 0 bridgehead atoms. The number of methoxy groups -OCH3 is 1. The molecule has 0 spiro atoms. The smallest absolute Gasteiger partial charge is 0.127 e. The van der Waals surface area contributed by atoms with E-state index >= 15 is 0 Å². The largest absolute Gasteiger partial charge is 0.496 e.